The lowest BCUT2D eigenvalue weighted by Gasteiger charge is -1.96. The molecule has 17 heavy (non-hydrogen) atoms. The molecular weight excluding hydrogens is 208 g/mol. The predicted molar refractivity (Wildman–Crippen MR) is 69.0 cm³/mol. The van der Waals surface area contributed by atoms with Gasteiger partial charge in [-0.25, -0.2) is 4.98 Å². The van der Waals surface area contributed by atoms with Crippen LogP contribution in [0.4, 0.5) is 0 Å². The molecule has 4 rings (SSSR count). The quantitative estimate of drug-likeness (QED) is 0.441. The van der Waals surface area contributed by atoms with Gasteiger partial charge in [0, 0.05) is 23.2 Å². The van der Waals surface area contributed by atoms with Crippen molar-refractivity contribution in [1.82, 2.24) is 9.38 Å². The zero-order valence-corrected chi connectivity index (χ0v) is 9.09. The molecule has 0 aliphatic heterocycles. The maximum absolute atomic E-state index is 4.71. The lowest BCUT2D eigenvalue weighted by molar-refractivity contribution is 1.21. The molecule has 0 aliphatic carbocycles. The van der Waals surface area contributed by atoms with Crippen LogP contribution in [0.5, 0.6) is 0 Å². The van der Waals surface area contributed by atoms with Gasteiger partial charge in [0.15, 0.2) is 0 Å². The second-order valence-electron chi connectivity index (χ2n) is 4.15. The molecule has 3 aromatic heterocycles. The first-order valence-electron chi connectivity index (χ1n) is 5.59. The lowest BCUT2D eigenvalue weighted by atomic mass is 10.2. The van der Waals surface area contributed by atoms with Crippen molar-refractivity contribution in [2.24, 2.45) is 0 Å². The number of benzene rings is 1. The third kappa shape index (κ3) is 1.18. The van der Waals surface area contributed by atoms with Gasteiger partial charge in [0.05, 0.1) is 16.6 Å². The number of fused-ring (bicyclic) bond motifs is 4. The molecule has 2 heteroatoms. The highest BCUT2D eigenvalue weighted by Gasteiger charge is 2.05. The molecule has 1 aromatic carbocycles. The van der Waals surface area contributed by atoms with E-state index in [2.05, 4.69) is 28.8 Å². The second-order valence-corrected chi connectivity index (χ2v) is 4.15. The van der Waals surface area contributed by atoms with Crippen molar-refractivity contribution in [3.8, 4) is 0 Å². The molecule has 0 bridgehead atoms. The minimum Gasteiger partial charge on any atom is -0.321 e. The largest absolute Gasteiger partial charge is 0.321 e. The average molecular weight is 217 g/mol. The Morgan fingerprint density at radius 1 is 1.12 bits per heavy atom. The number of pyridine rings is 2. The van der Waals surface area contributed by atoms with Gasteiger partial charge in [-0.05, 0) is 30.3 Å². The van der Waals surface area contributed by atoms with E-state index in [9.17, 15) is 0 Å². The van der Waals surface area contributed by atoms with E-state index in [1.807, 2.05) is 36.5 Å². The maximum Gasteiger partial charge on any atom is 0.0964 e. The van der Waals surface area contributed by atoms with Crippen LogP contribution < -0.4 is 0 Å². The van der Waals surface area contributed by atoms with Crippen LogP contribution in [0.1, 0.15) is 0 Å². The molecule has 0 aliphatic rings. The van der Waals surface area contributed by atoms with Gasteiger partial charge in [-0.3, -0.25) is 0 Å². The van der Waals surface area contributed by atoms with Gasteiger partial charge in [0.2, 0.25) is 0 Å². The van der Waals surface area contributed by atoms with E-state index in [0.29, 0.717) is 0 Å². The van der Waals surface area contributed by atoms with Crippen molar-refractivity contribution in [3.05, 3.63) is 60.9 Å². The van der Waals surface area contributed by atoms with Crippen LogP contribution in [0.15, 0.2) is 54.9 Å². The van der Waals surface area contributed by atoms with E-state index in [1.165, 1.54) is 0 Å². The van der Waals surface area contributed by atoms with Gasteiger partial charge in [-0.1, -0.05) is 18.2 Å². The Labute approximate surface area is 98.1 Å². The minimum atomic E-state index is 0.997. The van der Waals surface area contributed by atoms with Crippen LogP contribution in [-0.4, -0.2) is 9.38 Å². The first kappa shape index (κ1) is 8.76. The first-order chi connectivity index (χ1) is 8.42. The van der Waals surface area contributed by atoms with E-state index in [1.54, 1.807) is 0 Å². The molecule has 2 nitrogen and oxygen atoms in total. The highest BCUT2D eigenvalue weighted by atomic mass is 14.9. The highest BCUT2D eigenvalue weighted by Crippen LogP contribution is 2.23. The Balaban J connectivity index is 2.28. The summed E-state index contributed by atoms with van der Waals surface area (Å²) < 4.78 is 2.11. The van der Waals surface area contributed by atoms with Crippen LogP contribution in [0.3, 0.4) is 0 Å². The van der Waals surface area contributed by atoms with Crippen LogP contribution in [0.2, 0.25) is 0 Å². The summed E-state index contributed by atoms with van der Waals surface area (Å²) in [6, 6.07) is 17.4. The Kier molecular flexibility index (Phi) is 1.59. The molecule has 0 amide bonds. The molecule has 0 atom stereocenters. The Bertz CT molecular complexity index is 837. The third-order valence-corrected chi connectivity index (χ3v) is 3.08. The predicted octanol–water partition coefficient (Wildman–Crippen LogP) is 3.44. The molecule has 0 N–H and O–H groups in total. The van der Waals surface area contributed by atoms with Crippen LogP contribution in [-0.2, 0) is 0 Å². The van der Waals surface area contributed by atoms with Crippen LogP contribution >= 0.6 is 0 Å². The van der Waals surface area contributed by atoms with Gasteiger partial charge < -0.3 is 4.40 Å². The SMILES string of the molecule is [c]1cccc2nc3c(cc12)cn1ccccc31. The molecule has 1 radical (unpaired) electrons. The molecule has 3 heterocycles. The minimum absolute atomic E-state index is 0.997. The normalized spacial score (nSPS) is 11.5. The number of hydrogen-bond acceptors (Lipinski definition) is 1. The molecule has 0 unspecified atom stereocenters. The molecular formula is C15H9N2. The molecule has 0 saturated carbocycles. The van der Waals surface area contributed by atoms with E-state index >= 15 is 0 Å². The monoisotopic (exact) mass is 217 g/mol. The van der Waals surface area contributed by atoms with E-state index < -0.39 is 0 Å². The van der Waals surface area contributed by atoms with Crippen molar-refractivity contribution >= 4 is 27.3 Å². The summed E-state index contributed by atoms with van der Waals surface area (Å²) in [6.45, 7) is 0. The Morgan fingerprint density at radius 3 is 3.12 bits per heavy atom. The van der Waals surface area contributed by atoms with Gasteiger partial charge >= 0.3 is 0 Å². The fraction of sp³-hybridized carbons (Fsp3) is 0. The zero-order valence-electron chi connectivity index (χ0n) is 9.09. The van der Waals surface area contributed by atoms with Gasteiger partial charge in [0.25, 0.3) is 0 Å². The number of nitrogens with zero attached hydrogens (tertiary/aromatic N) is 2. The molecule has 0 spiro atoms. The van der Waals surface area contributed by atoms with Crippen LogP contribution in [0.25, 0.3) is 27.3 Å². The number of rotatable bonds is 0. The number of hydrogen-bond donors (Lipinski definition) is 0. The van der Waals surface area contributed by atoms with E-state index in [0.717, 1.165) is 27.3 Å². The van der Waals surface area contributed by atoms with Gasteiger partial charge in [-0.2, -0.15) is 0 Å². The Hall–Kier alpha value is -2.35. The third-order valence-electron chi connectivity index (χ3n) is 3.08. The zero-order chi connectivity index (χ0) is 11.2. The summed E-state index contributed by atoms with van der Waals surface area (Å²) in [6.07, 6.45) is 4.16. The fourth-order valence-corrected chi connectivity index (χ4v) is 2.29. The Morgan fingerprint density at radius 2 is 2.12 bits per heavy atom. The molecule has 0 fully saturated rings. The summed E-state index contributed by atoms with van der Waals surface area (Å²) in [5.74, 6) is 0. The van der Waals surface area contributed by atoms with E-state index in [4.69, 9.17) is 4.98 Å². The van der Waals surface area contributed by atoms with E-state index in [-0.39, 0.29) is 0 Å². The van der Waals surface area contributed by atoms with Gasteiger partial charge in [0.1, 0.15) is 0 Å². The summed E-state index contributed by atoms with van der Waals surface area (Å²) in [5, 5.41) is 2.22. The summed E-state index contributed by atoms with van der Waals surface area (Å²) in [5.41, 5.74) is 3.20. The van der Waals surface area contributed by atoms with Crippen molar-refractivity contribution in [1.29, 1.82) is 0 Å². The van der Waals surface area contributed by atoms with Gasteiger partial charge in [-0.15, -0.1) is 0 Å². The fourth-order valence-electron chi connectivity index (χ4n) is 2.29. The van der Waals surface area contributed by atoms with Crippen molar-refractivity contribution in [2.45, 2.75) is 0 Å². The lowest BCUT2D eigenvalue weighted by Crippen LogP contribution is -1.80. The summed E-state index contributed by atoms with van der Waals surface area (Å²) >= 11 is 0. The maximum atomic E-state index is 4.71. The molecule has 79 valence electrons. The molecule has 4 aromatic rings. The topological polar surface area (TPSA) is 17.3 Å². The van der Waals surface area contributed by atoms with Crippen molar-refractivity contribution < 1.29 is 0 Å². The van der Waals surface area contributed by atoms with Crippen molar-refractivity contribution in [2.75, 3.05) is 0 Å². The highest BCUT2D eigenvalue weighted by molar-refractivity contribution is 6.00. The molecule has 0 saturated heterocycles. The number of aromatic nitrogens is 2. The van der Waals surface area contributed by atoms with Crippen molar-refractivity contribution in [3.63, 3.8) is 0 Å². The first-order valence-corrected chi connectivity index (χ1v) is 5.59. The second kappa shape index (κ2) is 3.08. The standard InChI is InChI=1S/C15H9N2/c1-2-6-13-11(5-1)9-12-10-17-8-4-3-7-14(17)15(12)16-13/h1-4,6-10H. The summed E-state index contributed by atoms with van der Waals surface area (Å²) in [7, 11) is 0. The average Bonchev–Trinajstić information content (AvgIpc) is 2.73. The van der Waals surface area contributed by atoms with Crippen LogP contribution in [0, 0.1) is 6.07 Å². The summed E-state index contributed by atoms with van der Waals surface area (Å²) in [4.78, 5) is 4.71. The smallest absolute Gasteiger partial charge is 0.0964 e.